The molecule has 1 atom stereocenters. The molecule has 1 unspecified atom stereocenters. The Bertz CT molecular complexity index is 543. The number of rotatable bonds is 6. The molecule has 0 bridgehead atoms. The lowest BCUT2D eigenvalue weighted by Gasteiger charge is -2.19. The van der Waals surface area contributed by atoms with Gasteiger partial charge in [0.25, 0.3) is 0 Å². The third-order valence-electron chi connectivity index (χ3n) is 3.34. The SMILES string of the molecule is CCNC(CSc1ccncn1)c1ccc(C)c(C)c1. The van der Waals surface area contributed by atoms with Gasteiger partial charge in [-0.3, -0.25) is 0 Å². The molecule has 0 aliphatic rings. The molecule has 1 N–H and O–H groups in total. The molecule has 1 heterocycles. The van der Waals surface area contributed by atoms with Gasteiger partial charge in [-0.1, -0.05) is 25.1 Å². The number of benzene rings is 1. The Hall–Kier alpha value is -1.39. The van der Waals surface area contributed by atoms with E-state index in [0.29, 0.717) is 6.04 Å². The fraction of sp³-hybridized carbons (Fsp3) is 0.375. The number of hydrogen-bond donors (Lipinski definition) is 1. The van der Waals surface area contributed by atoms with Gasteiger partial charge < -0.3 is 5.32 Å². The number of aryl methyl sites for hydroxylation is 2. The van der Waals surface area contributed by atoms with Crippen molar-refractivity contribution in [2.24, 2.45) is 0 Å². The minimum atomic E-state index is 0.347. The fourth-order valence-electron chi connectivity index (χ4n) is 2.03. The molecule has 0 saturated carbocycles. The lowest BCUT2D eigenvalue weighted by atomic mass is 10.0. The van der Waals surface area contributed by atoms with Crippen molar-refractivity contribution in [1.29, 1.82) is 0 Å². The van der Waals surface area contributed by atoms with Crippen molar-refractivity contribution < 1.29 is 0 Å². The zero-order valence-corrected chi connectivity index (χ0v) is 13.1. The molecular formula is C16H21N3S. The molecule has 1 aromatic heterocycles. The Labute approximate surface area is 125 Å². The van der Waals surface area contributed by atoms with Crippen LogP contribution in [0.4, 0.5) is 0 Å². The van der Waals surface area contributed by atoms with Crippen molar-refractivity contribution in [3.8, 4) is 0 Å². The van der Waals surface area contributed by atoms with Crippen LogP contribution in [0.2, 0.25) is 0 Å². The smallest absolute Gasteiger partial charge is 0.116 e. The molecule has 0 spiro atoms. The van der Waals surface area contributed by atoms with E-state index in [-0.39, 0.29) is 0 Å². The number of nitrogens with zero attached hydrogens (tertiary/aromatic N) is 2. The predicted molar refractivity (Wildman–Crippen MR) is 85.1 cm³/mol. The topological polar surface area (TPSA) is 37.8 Å². The van der Waals surface area contributed by atoms with Gasteiger partial charge in [-0.15, -0.1) is 11.8 Å². The van der Waals surface area contributed by atoms with Crippen LogP contribution in [0.25, 0.3) is 0 Å². The standard InChI is InChI=1S/C16H21N3S/c1-4-18-15(10-20-16-7-8-17-11-19-16)14-6-5-12(2)13(3)9-14/h5-9,11,15,18H,4,10H2,1-3H3. The highest BCUT2D eigenvalue weighted by Gasteiger charge is 2.12. The largest absolute Gasteiger partial charge is 0.309 e. The van der Waals surface area contributed by atoms with Gasteiger partial charge >= 0.3 is 0 Å². The lowest BCUT2D eigenvalue weighted by Crippen LogP contribution is -2.23. The van der Waals surface area contributed by atoms with Crippen LogP contribution < -0.4 is 5.32 Å². The van der Waals surface area contributed by atoms with Crippen LogP contribution in [0.1, 0.15) is 29.7 Å². The highest BCUT2D eigenvalue weighted by atomic mass is 32.2. The molecule has 4 heteroatoms. The van der Waals surface area contributed by atoms with Crippen molar-refractivity contribution in [2.45, 2.75) is 31.8 Å². The van der Waals surface area contributed by atoms with Gasteiger partial charge in [0.2, 0.25) is 0 Å². The quantitative estimate of drug-likeness (QED) is 0.651. The van der Waals surface area contributed by atoms with E-state index < -0.39 is 0 Å². The van der Waals surface area contributed by atoms with Gasteiger partial charge in [-0.2, -0.15) is 0 Å². The minimum absolute atomic E-state index is 0.347. The predicted octanol–water partition coefficient (Wildman–Crippen LogP) is 3.54. The molecule has 2 aromatic rings. The summed E-state index contributed by atoms with van der Waals surface area (Å²) in [5, 5.41) is 4.57. The highest BCUT2D eigenvalue weighted by molar-refractivity contribution is 7.99. The number of aromatic nitrogens is 2. The number of thioether (sulfide) groups is 1. The molecular weight excluding hydrogens is 266 g/mol. The van der Waals surface area contributed by atoms with Gasteiger partial charge in [-0.05, 0) is 43.1 Å². The molecule has 0 fully saturated rings. The summed E-state index contributed by atoms with van der Waals surface area (Å²) < 4.78 is 0. The summed E-state index contributed by atoms with van der Waals surface area (Å²) in [4.78, 5) is 8.21. The summed E-state index contributed by atoms with van der Waals surface area (Å²) in [6, 6.07) is 9.00. The fourth-order valence-corrected chi connectivity index (χ4v) is 2.96. The summed E-state index contributed by atoms with van der Waals surface area (Å²) in [7, 11) is 0. The van der Waals surface area contributed by atoms with Crippen molar-refractivity contribution in [1.82, 2.24) is 15.3 Å². The van der Waals surface area contributed by atoms with Crippen LogP contribution >= 0.6 is 11.8 Å². The summed E-state index contributed by atoms with van der Waals surface area (Å²) in [5.41, 5.74) is 4.03. The third kappa shape index (κ3) is 4.05. The molecule has 0 aliphatic heterocycles. The van der Waals surface area contributed by atoms with Gasteiger partial charge in [0.05, 0.1) is 5.03 Å². The van der Waals surface area contributed by atoms with E-state index >= 15 is 0 Å². The van der Waals surface area contributed by atoms with Crippen LogP contribution in [0, 0.1) is 13.8 Å². The van der Waals surface area contributed by atoms with Gasteiger partial charge in [-0.25, -0.2) is 9.97 Å². The van der Waals surface area contributed by atoms with Gasteiger partial charge in [0.15, 0.2) is 0 Å². The zero-order chi connectivity index (χ0) is 14.4. The molecule has 1 aromatic carbocycles. The number of hydrogen-bond acceptors (Lipinski definition) is 4. The van der Waals surface area contributed by atoms with E-state index in [4.69, 9.17) is 0 Å². The highest BCUT2D eigenvalue weighted by Crippen LogP contribution is 2.24. The van der Waals surface area contributed by atoms with Crippen molar-refractivity contribution in [2.75, 3.05) is 12.3 Å². The van der Waals surface area contributed by atoms with E-state index in [1.165, 1.54) is 16.7 Å². The molecule has 0 amide bonds. The maximum Gasteiger partial charge on any atom is 0.116 e. The average molecular weight is 287 g/mol. The monoisotopic (exact) mass is 287 g/mol. The Kier molecular flexibility index (Phi) is 5.56. The van der Waals surface area contributed by atoms with Crippen molar-refractivity contribution in [3.63, 3.8) is 0 Å². The Morgan fingerprint density at radius 1 is 1.20 bits per heavy atom. The Morgan fingerprint density at radius 3 is 2.70 bits per heavy atom. The first-order valence-electron chi connectivity index (χ1n) is 6.90. The van der Waals surface area contributed by atoms with Crippen molar-refractivity contribution in [3.05, 3.63) is 53.5 Å². The molecule has 2 rings (SSSR count). The van der Waals surface area contributed by atoms with Gasteiger partial charge in [0.1, 0.15) is 6.33 Å². The first kappa shape index (κ1) is 15.0. The zero-order valence-electron chi connectivity index (χ0n) is 12.3. The van der Waals surface area contributed by atoms with Crippen LogP contribution in [0.3, 0.4) is 0 Å². The normalized spacial score (nSPS) is 12.3. The van der Waals surface area contributed by atoms with E-state index in [2.05, 4.69) is 54.3 Å². The summed E-state index contributed by atoms with van der Waals surface area (Å²) >= 11 is 1.76. The minimum Gasteiger partial charge on any atom is -0.309 e. The first-order valence-corrected chi connectivity index (χ1v) is 7.88. The first-order chi connectivity index (χ1) is 9.70. The molecule has 0 aliphatic carbocycles. The maximum atomic E-state index is 4.26. The second kappa shape index (κ2) is 7.41. The van der Waals surface area contributed by atoms with Crippen LogP contribution in [0.5, 0.6) is 0 Å². The summed E-state index contributed by atoms with van der Waals surface area (Å²) in [6.45, 7) is 7.42. The third-order valence-corrected chi connectivity index (χ3v) is 4.37. The average Bonchev–Trinajstić information content (AvgIpc) is 2.47. The summed E-state index contributed by atoms with van der Waals surface area (Å²) in [5.74, 6) is 0.966. The second-order valence-corrected chi connectivity index (χ2v) is 5.85. The Morgan fingerprint density at radius 2 is 2.05 bits per heavy atom. The molecule has 3 nitrogen and oxygen atoms in total. The molecule has 0 radical (unpaired) electrons. The maximum absolute atomic E-state index is 4.26. The van der Waals surface area contributed by atoms with E-state index in [1.54, 1.807) is 24.3 Å². The molecule has 0 saturated heterocycles. The number of nitrogens with one attached hydrogen (secondary N) is 1. The van der Waals surface area contributed by atoms with Crippen LogP contribution in [0.15, 0.2) is 41.8 Å². The van der Waals surface area contributed by atoms with E-state index in [0.717, 1.165) is 17.3 Å². The molecule has 20 heavy (non-hydrogen) atoms. The van der Waals surface area contributed by atoms with E-state index in [1.807, 2.05) is 6.07 Å². The van der Waals surface area contributed by atoms with Crippen molar-refractivity contribution >= 4 is 11.8 Å². The van der Waals surface area contributed by atoms with Gasteiger partial charge in [0, 0.05) is 18.0 Å². The molecule has 106 valence electrons. The van der Waals surface area contributed by atoms with Crippen LogP contribution in [-0.4, -0.2) is 22.3 Å². The summed E-state index contributed by atoms with van der Waals surface area (Å²) in [6.07, 6.45) is 3.38. The second-order valence-electron chi connectivity index (χ2n) is 4.81. The Balaban J connectivity index is 2.08. The van der Waals surface area contributed by atoms with E-state index in [9.17, 15) is 0 Å². The lowest BCUT2D eigenvalue weighted by molar-refractivity contribution is 0.605. The van der Waals surface area contributed by atoms with Crippen LogP contribution in [-0.2, 0) is 0 Å².